The number of carbonyl (C=O) groups is 1. The fourth-order valence-corrected chi connectivity index (χ4v) is 2.30. The van der Waals surface area contributed by atoms with Gasteiger partial charge in [0.25, 0.3) is 0 Å². The quantitative estimate of drug-likeness (QED) is 0.848. The monoisotopic (exact) mass is 299 g/mol. The third-order valence-corrected chi connectivity index (χ3v) is 3.66. The molecule has 0 bridgehead atoms. The normalized spacial score (nSPS) is 10.8. The summed E-state index contributed by atoms with van der Waals surface area (Å²) in [6.07, 6.45) is 0. The van der Waals surface area contributed by atoms with Gasteiger partial charge in [0.05, 0.1) is 5.56 Å². The maximum Gasteiger partial charge on any atom is 0.196 e. The van der Waals surface area contributed by atoms with E-state index in [4.69, 9.17) is 0 Å². The minimum atomic E-state index is -0.260. The second-order valence-electron chi connectivity index (χ2n) is 5.85. The average molecular weight is 299 g/mol. The molecule has 2 N–H and O–H groups in total. The highest BCUT2D eigenvalue weighted by molar-refractivity contribution is 6.11. The maximum absolute atomic E-state index is 12.6. The van der Waals surface area contributed by atoms with Crippen LogP contribution in [0.2, 0.25) is 0 Å². The van der Waals surface area contributed by atoms with Crippen LogP contribution in [0.5, 0.6) is 11.5 Å². The Morgan fingerprint density at radius 2 is 1.59 bits per heavy atom. The van der Waals surface area contributed by atoms with Gasteiger partial charge in [0.1, 0.15) is 11.5 Å². The molecule has 4 nitrogen and oxygen atoms in total. The van der Waals surface area contributed by atoms with Crippen LogP contribution in [-0.2, 0) is 0 Å². The lowest BCUT2D eigenvalue weighted by molar-refractivity contribution is 0.103. The molecule has 0 saturated carbocycles. The van der Waals surface area contributed by atoms with Crippen molar-refractivity contribution in [2.75, 3.05) is 19.0 Å². The topological polar surface area (TPSA) is 60.8 Å². The van der Waals surface area contributed by atoms with Crippen LogP contribution in [0.3, 0.4) is 0 Å². The molecule has 0 heterocycles. The van der Waals surface area contributed by atoms with Crippen LogP contribution in [0.15, 0.2) is 36.4 Å². The molecule has 22 heavy (non-hydrogen) atoms. The van der Waals surface area contributed by atoms with Gasteiger partial charge in [-0.25, -0.2) is 0 Å². The summed E-state index contributed by atoms with van der Waals surface area (Å²) < 4.78 is 0. The van der Waals surface area contributed by atoms with Crippen LogP contribution >= 0.6 is 0 Å². The Morgan fingerprint density at radius 1 is 1.00 bits per heavy atom. The fourth-order valence-electron chi connectivity index (χ4n) is 2.30. The summed E-state index contributed by atoms with van der Waals surface area (Å²) in [4.78, 5) is 14.5. The predicted octanol–water partition coefficient (Wildman–Crippen LogP) is 3.52. The molecule has 0 saturated heterocycles. The van der Waals surface area contributed by atoms with Crippen molar-refractivity contribution in [1.82, 2.24) is 0 Å². The summed E-state index contributed by atoms with van der Waals surface area (Å²) in [5, 5.41) is 19.8. The van der Waals surface area contributed by atoms with E-state index in [1.165, 1.54) is 6.07 Å². The second-order valence-corrected chi connectivity index (χ2v) is 5.85. The van der Waals surface area contributed by atoms with E-state index in [1.54, 1.807) is 18.2 Å². The molecule has 0 aromatic heterocycles. The van der Waals surface area contributed by atoms with E-state index < -0.39 is 0 Å². The number of phenols is 2. The summed E-state index contributed by atoms with van der Waals surface area (Å²) in [6.45, 7) is 3.85. The molecule has 0 atom stereocenters. The van der Waals surface area contributed by atoms with Gasteiger partial charge in [0, 0.05) is 31.4 Å². The van der Waals surface area contributed by atoms with E-state index in [0.717, 1.165) is 5.69 Å². The Labute approximate surface area is 130 Å². The summed E-state index contributed by atoms with van der Waals surface area (Å²) >= 11 is 0. The van der Waals surface area contributed by atoms with Crippen molar-refractivity contribution in [1.29, 1.82) is 0 Å². The highest BCUT2D eigenvalue weighted by Crippen LogP contribution is 2.33. The van der Waals surface area contributed by atoms with Crippen molar-refractivity contribution in [3.05, 3.63) is 53.1 Å². The average Bonchev–Trinajstić information content (AvgIpc) is 2.46. The third kappa shape index (κ3) is 3.06. The SMILES string of the molecule is CC(C)c1cc(C(=O)c2ccc(N(C)C)cc2)c(O)cc1O. The standard InChI is InChI=1S/C18H21NO3/c1-11(2)14-9-15(17(21)10-16(14)20)18(22)12-5-7-13(8-6-12)19(3)4/h5-11,20-21H,1-4H3. The Kier molecular flexibility index (Phi) is 4.40. The van der Waals surface area contributed by atoms with Crippen LogP contribution in [-0.4, -0.2) is 30.1 Å². The van der Waals surface area contributed by atoms with E-state index in [9.17, 15) is 15.0 Å². The van der Waals surface area contributed by atoms with E-state index in [0.29, 0.717) is 11.1 Å². The van der Waals surface area contributed by atoms with Gasteiger partial charge in [-0.05, 0) is 41.8 Å². The number of carbonyl (C=O) groups excluding carboxylic acids is 1. The summed E-state index contributed by atoms with van der Waals surface area (Å²) in [5.41, 5.74) is 2.35. The van der Waals surface area contributed by atoms with Crippen molar-refractivity contribution in [3.8, 4) is 11.5 Å². The molecule has 0 aliphatic carbocycles. The first-order valence-corrected chi connectivity index (χ1v) is 7.19. The molecule has 0 amide bonds. The smallest absolute Gasteiger partial charge is 0.196 e. The molecule has 0 aliphatic rings. The number of benzene rings is 2. The van der Waals surface area contributed by atoms with E-state index >= 15 is 0 Å². The number of phenolic OH excluding ortho intramolecular Hbond substituents is 2. The van der Waals surface area contributed by atoms with Gasteiger partial charge in [-0.15, -0.1) is 0 Å². The predicted molar refractivity (Wildman–Crippen MR) is 88.1 cm³/mol. The Bertz CT molecular complexity index is 688. The molecule has 0 spiro atoms. The molecule has 0 unspecified atom stereocenters. The van der Waals surface area contributed by atoms with Gasteiger partial charge in [-0.2, -0.15) is 0 Å². The minimum absolute atomic E-state index is 0.00649. The Hall–Kier alpha value is -2.49. The van der Waals surface area contributed by atoms with Gasteiger partial charge in [0.2, 0.25) is 0 Å². The number of hydrogen-bond acceptors (Lipinski definition) is 4. The zero-order valence-corrected chi connectivity index (χ0v) is 13.3. The van der Waals surface area contributed by atoms with Gasteiger partial charge < -0.3 is 15.1 Å². The van der Waals surface area contributed by atoms with Crippen molar-refractivity contribution < 1.29 is 15.0 Å². The lowest BCUT2D eigenvalue weighted by Gasteiger charge is -2.14. The molecule has 0 aliphatic heterocycles. The highest BCUT2D eigenvalue weighted by Gasteiger charge is 2.18. The molecule has 2 rings (SSSR count). The zero-order chi connectivity index (χ0) is 16.4. The summed E-state index contributed by atoms with van der Waals surface area (Å²) in [5.74, 6) is -0.399. The summed E-state index contributed by atoms with van der Waals surface area (Å²) in [7, 11) is 3.86. The van der Waals surface area contributed by atoms with Gasteiger partial charge >= 0.3 is 0 Å². The number of aromatic hydroxyl groups is 2. The van der Waals surface area contributed by atoms with Crippen LogP contribution in [0, 0.1) is 0 Å². The van der Waals surface area contributed by atoms with Crippen LogP contribution in [0.4, 0.5) is 5.69 Å². The van der Waals surface area contributed by atoms with Crippen LogP contribution in [0.1, 0.15) is 41.3 Å². The van der Waals surface area contributed by atoms with Crippen molar-refractivity contribution in [2.45, 2.75) is 19.8 Å². The first kappa shape index (κ1) is 15.9. The second kappa shape index (κ2) is 6.10. The Balaban J connectivity index is 2.42. The Morgan fingerprint density at radius 3 is 2.09 bits per heavy atom. The molecule has 4 heteroatoms. The fraction of sp³-hybridized carbons (Fsp3) is 0.278. The maximum atomic E-state index is 12.6. The number of hydrogen-bond donors (Lipinski definition) is 2. The van der Waals surface area contributed by atoms with E-state index in [2.05, 4.69) is 0 Å². The van der Waals surface area contributed by atoms with Crippen molar-refractivity contribution in [2.24, 2.45) is 0 Å². The van der Waals surface area contributed by atoms with Crippen molar-refractivity contribution in [3.63, 3.8) is 0 Å². The molecular formula is C18H21NO3. The first-order chi connectivity index (χ1) is 10.3. The van der Waals surface area contributed by atoms with E-state index in [-0.39, 0.29) is 28.8 Å². The number of nitrogens with zero attached hydrogens (tertiary/aromatic N) is 1. The molecule has 116 valence electrons. The molecule has 2 aromatic rings. The lowest BCUT2D eigenvalue weighted by Crippen LogP contribution is -2.09. The van der Waals surface area contributed by atoms with Gasteiger partial charge in [-0.3, -0.25) is 4.79 Å². The van der Waals surface area contributed by atoms with Crippen LogP contribution in [0.25, 0.3) is 0 Å². The lowest BCUT2D eigenvalue weighted by atomic mass is 9.95. The zero-order valence-electron chi connectivity index (χ0n) is 13.3. The third-order valence-electron chi connectivity index (χ3n) is 3.66. The minimum Gasteiger partial charge on any atom is -0.508 e. The van der Waals surface area contributed by atoms with Crippen LogP contribution < -0.4 is 4.90 Å². The molecule has 2 aromatic carbocycles. The largest absolute Gasteiger partial charge is 0.508 e. The van der Waals surface area contributed by atoms with Gasteiger partial charge in [-0.1, -0.05) is 13.8 Å². The van der Waals surface area contributed by atoms with Crippen molar-refractivity contribution >= 4 is 11.5 Å². The number of anilines is 1. The molecular weight excluding hydrogens is 278 g/mol. The highest BCUT2D eigenvalue weighted by atomic mass is 16.3. The number of ketones is 1. The summed E-state index contributed by atoms with van der Waals surface area (Å²) in [6, 6.07) is 9.98. The van der Waals surface area contributed by atoms with Gasteiger partial charge in [0.15, 0.2) is 5.78 Å². The number of rotatable bonds is 4. The first-order valence-electron chi connectivity index (χ1n) is 7.19. The molecule has 0 fully saturated rings. The van der Waals surface area contributed by atoms with E-state index in [1.807, 2.05) is 45.0 Å². The molecule has 0 radical (unpaired) electrons.